The van der Waals surface area contributed by atoms with Crippen LogP contribution in [0.2, 0.25) is 0 Å². The molecule has 612 valence electrons. The molecule has 2 aliphatic carbocycles. The van der Waals surface area contributed by atoms with Gasteiger partial charge in [0.05, 0.1) is 55.1 Å². The minimum absolute atomic E-state index is 0. The molecule has 0 spiro atoms. The van der Waals surface area contributed by atoms with E-state index in [1.807, 2.05) is 86.6 Å². The van der Waals surface area contributed by atoms with E-state index in [2.05, 4.69) is 12.1 Å². The average Bonchev–Trinajstić information content (AvgIpc) is 1.75. The van der Waals surface area contributed by atoms with Crippen molar-refractivity contribution in [2.75, 3.05) is 22.8 Å². The Kier molecular flexibility index (Phi) is 47.6. The van der Waals surface area contributed by atoms with Crippen molar-refractivity contribution in [2.24, 2.45) is 35.0 Å². The number of hydrogen-bond donors (Lipinski definition) is 0. The topological polar surface area (TPSA) is 454 Å². The van der Waals surface area contributed by atoms with Crippen LogP contribution in [0.25, 0.3) is 0 Å². The predicted octanol–water partition coefficient (Wildman–Crippen LogP) is -6.50. The fourth-order valence-electron chi connectivity index (χ4n) is 13.3. The Hall–Kier alpha value is -6.95. The molecule has 0 radical (unpaired) electrons. The molecule has 28 nitrogen and oxygen atoms in total. The molecule has 9 aromatic rings. The normalized spacial score (nSPS) is 15.5. The molecule has 3 fully saturated rings. The number of carbonyl (C=O) groups excluding carboxylic acids is 10. The number of ketones is 7. The Morgan fingerprint density at radius 3 is 1.22 bits per heavy atom. The van der Waals surface area contributed by atoms with Crippen LogP contribution >= 0.6 is 0 Å². The number of carbonyl (C=O) groups is 10. The molecule has 3 amide bonds. The molecule has 2 heterocycles. The van der Waals surface area contributed by atoms with Gasteiger partial charge in [0.15, 0.2) is 23.1 Å². The Labute approximate surface area is 821 Å². The molecule has 0 aromatic heterocycles. The predicted molar refractivity (Wildman–Crippen MR) is 419 cm³/mol. The number of rotatable bonds is 20. The van der Waals surface area contributed by atoms with E-state index in [4.69, 9.17) is 25.3 Å². The van der Waals surface area contributed by atoms with Gasteiger partial charge in [0, 0.05) is 42.3 Å². The fourth-order valence-corrected chi connectivity index (χ4v) is 15.2. The van der Waals surface area contributed by atoms with Gasteiger partial charge >= 0.3 is 169 Å². The van der Waals surface area contributed by atoms with Crippen molar-refractivity contribution in [3.05, 3.63) is 299 Å². The van der Waals surface area contributed by atoms with Gasteiger partial charge in [0.25, 0.3) is 11.8 Å². The Bertz CT molecular complexity index is 5590. The molecule has 2 aliphatic heterocycles. The van der Waals surface area contributed by atoms with E-state index in [-0.39, 0.29) is 224 Å². The minimum Gasteiger partial charge on any atom is -0.748 e. The average molecular weight is 1800 g/mol. The van der Waals surface area contributed by atoms with E-state index < -0.39 is 120 Å². The molecule has 38 heteroatoms. The van der Waals surface area contributed by atoms with Crippen LogP contribution in [0.3, 0.4) is 0 Å². The van der Waals surface area contributed by atoms with Crippen molar-refractivity contribution in [1.82, 2.24) is 4.90 Å². The summed E-state index contributed by atoms with van der Waals surface area (Å²) in [6, 6.07) is 73.5. The summed E-state index contributed by atoms with van der Waals surface area (Å²) in [5.74, 6) is -6.97. The summed E-state index contributed by atoms with van der Waals surface area (Å²) >= 11 is 0. The summed E-state index contributed by atoms with van der Waals surface area (Å²) in [5, 5.41) is 2.58. The zero-order valence-corrected chi connectivity index (χ0v) is 82.1. The van der Waals surface area contributed by atoms with Gasteiger partial charge in [-0.15, -0.1) is 25.3 Å². The molecule has 4 aliphatic rings. The van der Waals surface area contributed by atoms with Crippen LogP contribution in [0.1, 0.15) is 98.9 Å². The number of anilines is 2. The van der Waals surface area contributed by atoms with Gasteiger partial charge in [-0.3, -0.25) is 47.9 Å². The quantitative estimate of drug-likeness (QED) is 0.0225. The van der Waals surface area contributed by atoms with Gasteiger partial charge in [0.1, 0.15) is 49.4 Å². The summed E-state index contributed by atoms with van der Waals surface area (Å²) < 4.78 is 152. The first-order valence-corrected chi connectivity index (χ1v) is 42.0. The van der Waals surface area contributed by atoms with E-state index in [9.17, 15) is 86.9 Å². The van der Waals surface area contributed by atoms with Gasteiger partial charge in [-0.2, -0.15) is 71.8 Å². The number of amides is 3. The number of likely N-dealkylation sites (N-methyl/N-ethyl adjacent to an activating group) is 1. The van der Waals surface area contributed by atoms with Crippen molar-refractivity contribution >= 4 is 121 Å². The Balaban J connectivity index is 0.000000506. The number of Topliss-reactive ketones (excluding diaryl/α,β-unsaturated/α-hetero) is 7. The van der Waals surface area contributed by atoms with E-state index in [0.29, 0.717) is 60.2 Å². The van der Waals surface area contributed by atoms with Crippen molar-refractivity contribution in [2.45, 2.75) is 88.0 Å². The number of nitrogens with zero attached hydrogens (tertiary/aromatic N) is 3. The van der Waals surface area contributed by atoms with Crippen LogP contribution in [0.5, 0.6) is 0 Å². The zero-order chi connectivity index (χ0) is 86.1. The molecule has 3 unspecified atom stereocenters. The van der Waals surface area contributed by atoms with Crippen LogP contribution in [0.15, 0.2) is 252 Å². The smallest absolute Gasteiger partial charge is 0.748 e. The first-order valence-electron chi connectivity index (χ1n) is 35.6. The Morgan fingerprint density at radius 2 is 0.820 bits per heavy atom. The van der Waals surface area contributed by atoms with Crippen molar-refractivity contribution in [1.29, 1.82) is 0 Å². The minimum atomic E-state index is -4.74. The molecule has 122 heavy (non-hydrogen) atoms. The first-order chi connectivity index (χ1) is 55.2. The SMILES string of the molecule is CC(=O)C(Cc1ccccc1S(=O)(=O)[O-])C(=O)c1ccccc1.CC1(C)CC(=O)C(Cc2[c-]cccc2)C(=O)C1.CN1C(=O)C(Cc2ccccc2)C(=O)C1CCS(=O)(=O)[O-].O=C1C(Cc2ccccc2S(=O)(=O)[O-])C(=O)N(c2ccccc2)N1c1ccccc1.O=C1c2ccccc2C(=O)C1Cc1[c-]cccc1.O=S(=O)=O.O=S(=O)=O.[Na+].[Na+].[Na+].[Na+].[Na+]. The van der Waals surface area contributed by atoms with Gasteiger partial charge < -0.3 is 18.6 Å². The Morgan fingerprint density at radius 1 is 0.451 bits per heavy atom. The fraction of sp³-hybridized carbons (Fsp3) is 0.238. The maximum absolute atomic E-state index is 13.3. The molecule has 13 rings (SSSR count). The van der Waals surface area contributed by atoms with Gasteiger partial charge in [-0.05, 0) is 104 Å². The second-order valence-corrected chi connectivity index (χ2v) is 32.6. The number of para-hydroxylation sites is 2. The van der Waals surface area contributed by atoms with Crippen LogP contribution in [-0.4, -0.2) is 146 Å². The molecule has 3 atom stereocenters. The summed E-state index contributed by atoms with van der Waals surface area (Å²) in [6.07, 6.45) is 1.80. The van der Waals surface area contributed by atoms with Crippen molar-refractivity contribution in [3.63, 3.8) is 0 Å². The maximum Gasteiger partial charge on any atom is 1.00 e. The third-order valence-electron chi connectivity index (χ3n) is 18.7. The third kappa shape index (κ3) is 33.4. The first kappa shape index (κ1) is 111. The summed E-state index contributed by atoms with van der Waals surface area (Å²) in [6.45, 7) is 5.24. The summed E-state index contributed by atoms with van der Waals surface area (Å²) in [5.41, 5.74) is 5.37. The number of hydrazine groups is 1. The zero-order valence-electron chi connectivity index (χ0n) is 68.0. The third-order valence-corrected chi connectivity index (χ3v) is 21.3. The maximum atomic E-state index is 13.3. The van der Waals surface area contributed by atoms with Crippen LogP contribution < -0.4 is 158 Å². The number of hydrogen-bond acceptors (Lipinski definition) is 25. The number of fused-ring (bicyclic) bond motifs is 1. The second kappa shape index (κ2) is 52.2. The summed E-state index contributed by atoms with van der Waals surface area (Å²) in [4.78, 5) is 124. The van der Waals surface area contributed by atoms with Gasteiger partial charge in [-0.1, -0.05) is 172 Å². The van der Waals surface area contributed by atoms with E-state index in [0.717, 1.165) is 16.7 Å². The van der Waals surface area contributed by atoms with Gasteiger partial charge in [-0.25, -0.2) is 35.3 Å². The summed E-state index contributed by atoms with van der Waals surface area (Å²) in [7, 11) is -18.6. The molecule has 0 bridgehead atoms. The number of benzene rings is 9. The molecule has 2 saturated heterocycles. The van der Waals surface area contributed by atoms with Crippen molar-refractivity contribution < 1.29 is 260 Å². The van der Waals surface area contributed by atoms with E-state index >= 15 is 0 Å². The molecular weight excluding hydrogens is 1730 g/mol. The molecule has 1 saturated carbocycles. The second-order valence-electron chi connectivity index (χ2n) is 27.5. The van der Waals surface area contributed by atoms with Crippen LogP contribution in [0.4, 0.5) is 11.4 Å². The standard InChI is InChI=1S/C22H18N2O5S.C17H16O5S.C16H11O2.C15H17O2.C14H17NO5S.5Na.2O3S/c25-21-19(15-16-9-7-8-14-20(16)30(27,28)29)22(26)24(18-12-5-2-6-13-18)23(21)17-10-3-1-4-11-17;1-12(18)15(17(19)13-7-3-2-4-8-13)11-14-9-5-6-10-16(14)23(20,21)22;17-15-12-8-4-5-9-13(12)16(18)14(15)10-11-6-2-1-3-7-11;1-15(2)9-13(16)12(14(17)10-15)8-11-6-4-3-5-7-11;1-15-12(7-8-21(18,19)20)13(16)11(14(15)17)9-10-5-3-2-4-6-10;;;;;;2*1-4(2)3/h1-14,19H,15H2,(H,27,28,29);2-10,15H,11H2,1H3,(H,20,21,22);1-6,8-9,14H,10H2;3-6,12H,8-10H2,1-2H3;2-6,11-12H,7-9H2,1H3,(H,18,19,20);;;;;;;/q;;2*-1;;5*+1;;/p-3. The van der Waals surface area contributed by atoms with Crippen molar-refractivity contribution in [3.8, 4) is 0 Å². The van der Waals surface area contributed by atoms with Crippen LogP contribution in [-0.2, 0) is 117 Å². The largest absolute Gasteiger partial charge is 1.00 e. The molecule has 9 aromatic carbocycles. The van der Waals surface area contributed by atoms with Gasteiger partial charge in [0.2, 0.25) is 5.91 Å². The van der Waals surface area contributed by atoms with E-state index in [1.54, 1.807) is 133 Å². The monoisotopic (exact) mass is 1800 g/mol. The molecular formula is C84H76N3Na5O25S5. The molecule has 0 N–H and O–H groups in total. The number of likely N-dealkylation sites (tertiary alicyclic amines) is 1. The van der Waals surface area contributed by atoms with Crippen LogP contribution in [0, 0.1) is 47.1 Å². The van der Waals surface area contributed by atoms with E-state index in [1.165, 1.54) is 65.3 Å².